The van der Waals surface area contributed by atoms with Crippen LogP contribution in [0.5, 0.6) is 0 Å². The SMILES string of the molecule is Cc1ccc(NC(=O)c2cc(N3CCCC3)cc(C(F)(F)F)c2)cc1N1CN=C(NC2CC2)c2sccc21. The summed E-state index contributed by atoms with van der Waals surface area (Å²) in [5, 5.41) is 8.38. The van der Waals surface area contributed by atoms with Gasteiger partial charge in [0, 0.05) is 41.8 Å². The fourth-order valence-corrected chi connectivity index (χ4v) is 5.83. The second-order valence-electron chi connectivity index (χ2n) is 10.0. The molecule has 1 saturated heterocycles. The lowest BCUT2D eigenvalue weighted by molar-refractivity contribution is -0.137. The molecule has 6 rings (SSSR count). The van der Waals surface area contributed by atoms with Crippen molar-refractivity contribution in [1.29, 1.82) is 0 Å². The molecular formula is C28H28F3N5OS. The molecule has 1 aromatic heterocycles. The predicted molar refractivity (Wildman–Crippen MR) is 146 cm³/mol. The van der Waals surface area contributed by atoms with Crippen LogP contribution in [0.25, 0.3) is 0 Å². The molecule has 2 N–H and O–H groups in total. The van der Waals surface area contributed by atoms with Crippen molar-refractivity contribution in [2.75, 3.05) is 34.9 Å². The minimum Gasteiger partial charge on any atom is -0.372 e. The summed E-state index contributed by atoms with van der Waals surface area (Å²) in [6, 6.07) is 11.7. The number of halogens is 3. The molecule has 3 aromatic rings. The van der Waals surface area contributed by atoms with Crippen LogP contribution in [0.3, 0.4) is 0 Å². The molecule has 1 aliphatic carbocycles. The van der Waals surface area contributed by atoms with Gasteiger partial charge in [0.15, 0.2) is 0 Å². The number of aliphatic imine (C=N–C) groups is 1. The summed E-state index contributed by atoms with van der Waals surface area (Å²) in [6.45, 7) is 3.79. The molecule has 1 saturated carbocycles. The number of alkyl halides is 3. The van der Waals surface area contributed by atoms with E-state index in [1.165, 1.54) is 0 Å². The fourth-order valence-electron chi connectivity index (χ4n) is 4.96. The van der Waals surface area contributed by atoms with E-state index in [-0.39, 0.29) is 5.56 Å². The molecule has 0 atom stereocenters. The molecule has 0 unspecified atom stereocenters. The zero-order valence-electron chi connectivity index (χ0n) is 20.9. The Kier molecular flexibility index (Phi) is 6.29. The number of nitrogens with one attached hydrogen (secondary N) is 2. The molecule has 2 aromatic carbocycles. The Bertz CT molecular complexity index is 1410. The standard InChI is InChI=1S/C28H28F3N5OS/c1-17-4-5-21(15-24(17)36-16-32-26(33-20-6-7-20)25-23(36)8-11-38-25)34-27(37)18-12-19(28(29,30)31)14-22(13-18)35-9-2-3-10-35/h4-5,8,11-15,20H,2-3,6-7,9-10,16H2,1H3,(H,32,33)(H,34,37). The number of rotatable bonds is 5. The number of amides is 1. The van der Waals surface area contributed by atoms with Crippen molar-refractivity contribution in [3.63, 3.8) is 0 Å². The Morgan fingerprint density at radius 3 is 2.58 bits per heavy atom. The Labute approximate surface area is 223 Å². The highest BCUT2D eigenvalue weighted by Crippen LogP contribution is 2.39. The van der Waals surface area contributed by atoms with Gasteiger partial charge in [-0.3, -0.25) is 4.79 Å². The number of aryl methyl sites for hydroxylation is 1. The molecule has 2 fully saturated rings. The van der Waals surface area contributed by atoms with Gasteiger partial charge in [0.1, 0.15) is 12.5 Å². The Hall–Kier alpha value is -3.53. The van der Waals surface area contributed by atoms with Gasteiger partial charge >= 0.3 is 6.18 Å². The molecule has 0 spiro atoms. The third-order valence-corrected chi connectivity index (χ3v) is 8.09. The summed E-state index contributed by atoms with van der Waals surface area (Å²) < 4.78 is 41.0. The third kappa shape index (κ3) is 4.97. The highest BCUT2D eigenvalue weighted by atomic mass is 32.1. The topological polar surface area (TPSA) is 60.0 Å². The first kappa shape index (κ1) is 24.8. The first-order valence-corrected chi connectivity index (χ1v) is 13.7. The number of hydrogen-bond acceptors (Lipinski definition) is 6. The third-order valence-electron chi connectivity index (χ3n) is 7.18. The summed E-state index contributed by atoms with van der Waals surface area (Å²) >= 11 is 1.63. The van der Waals surface area contributed by atoms with Crippen molar-refractivity contribution in [3.05, 3.63) is 69.4 Å². The first-order chi connectivity index (χ1) is 18.3. The highest BCUT2D eigenvalue weighted by molar-refractivity contribution is 7.12. The van der Waals surface area contributed by atoms with E-state index in [4.69, 9.17) is 4.99 Å². The van der Waals surface area contributed by atoms with E-state index in [1.54, 1.807) is 23.5 Å². The second-order valence-corrected chi connectivity index (χ2v) is 11.0. The van der Waals surface area contributed by atoms with Crippen molar-refractivity contribution in [2.24, 2.45) is 4.99 Å². The number of thiophene rings is 1. The zero-order chi connectivity index (χ0) is 26.4. The fraction of sp³-hybridized carbons (Fsp3) is 0.357. The Morgan fingerprint density at radius 2 is 1.84 bits per heavy atom. The van der Waals surface area contributed by atoms with E-state index in [0.29, 0.717) is 37.2 Å². The van der Waals surface area contributed by atoms with Crippen LogP contribution in [0.4, 0.5) is 35.9 Å². The van der Waals surface area contributed by atoms with Crippen molar-refractivity contribution in [3.8, 4) is 0 Å². The molecule has 2 aliphatic heterocycles. The molecule has 1 amide bonds. The van der Waals surface area contributed by atoms with Crippen LogP contribution >= 0.6 is 11.3 Å². The van der Waals surface area contributed by atoms with Crippen molar-refractivity contribution in [2.45, 2.75) is 44.8 Å². The van der Waals surface area contributed by atoms with Gasteiger partial charge in [0.05, 0.1) is 16.1 Å². The smallest absolute Gasteiger partial charge is 0.372 e. The number of amidine groups is 1. The monoisotopic (exact) mass is 539 g/mol. The Morgan fingerprint density at radius 1 is 1.05 bits per heavy atom. The van der Waals surface area contributed by atoms with Crippen LogP contribution in [-0.2, 0) is 6.18 Å². The number of anilines is 4. The maximum atomic E-state index is 13.7. The number of carbonyl (C=O) groups excluding carboxylic acids is 1. The minimum absolute atomic E-state index is 0.0117. The maximum absolute atomic E-state index is 13.7. The number of nitrogens with zero attached hydrogens (tertiary/aromatic N) is 3. The van der Waals surface area contributed by atoms with E-state index in [0.717, 1.165) is 65.5 Å². The van der Waals surface area contributed by atoms with E-state index in [2.05, 4.69) is 21.6 Å². The van der Waals surface area contributed by atoms with Crippen LogP contribution in [0.2, 0.25) is 0 Å². The highest BCUT2D eigenvalue weighted by Gasteiger charge is 2.33. The lowest BCUT2D eigenvalue weighted by atomic mass is 10.1. The van der Waals surface area contributed by atoms with Crippen molar-refractivity contribution >= 4 is 45.8 Å². The molecule has 0 radical (unpaired) electrons. The van der Waals surface area contributed by atoms with Crippen LogP contribution in [0, 0.1) is 6.92 Å². The van der Waals surface area contributed by atoms with Gasteiger partial charge in [-0.15, -0.1) is 11.3 Å². The largest absolute Gasteiger partial charge is 0.416 e. The summed E-state index contributed by atoms with van der Waals surface area (Å²) in [7, 11) is 0. The van der Waals surface area contributed by atoms with Crippen LogP contribution in [-0.4, -0.2) is 37.5 Å². The minimum atomic E-state index is -4.54. The molecule has 198 valence electrons. The summed E-state index contributed by atoms with van der Waals surface area (Å²) in [5.41, 5.74) is 3.05. The van der Waals surface area contributed by atoms with Crippen LogP contribution in [0.1, 0.15) is 52.0 Å². The number of fused-ring (bicyclic) bond motifs is 1. The zero-order valence-corrected chi connectivity index (χ0v) is 21.8. The van der Waals surface area contributed by atoms with Gasteiger partial charge in [-0.25, -0.2) is 4.99 Å². The van der Waals surface area contributed by atoms with Gasteiger partial charge in [0.25, 0.3) is 5.91 Å². The van der Waals surface area contributed by atoms with Crippen LogP contribution in [0.15, 0.2) is 52.8 Å². The van der Waals surface area contributed by atoms with Gasteiger partial charge in [0.2, 0.25) is 0 Å². The van der Waals surface area contributed by atoms with Gasteiger partial charge in [-0.2, -0.15) is 13.2 Å². The first-order valence-electron chi connectivity index (χ1n) is 12.8. The van der Waals surface area contributed by atoms with Gasteiger partial charge in [-0.05, 0) is 79.9 Å². The average molecular weight is 540 g/mol. The van der Waals surface area contributed by atoms with Crippen LogP contribution < -0.4 is 20.4 Å². The molecule has 3 aliphatic rings. The number of benzene rings is 2. The van der Waals surface area contributed by atoms with E-state index < -0.39 is 17.6 Å². The Balaban J connectivity index is 1.27. The lowest BCUT2D eigenvalue weighted by Gasteiger charge is -2.29. The van der Waals surface area contributed by atoms with Gasteiger partial charge in [-0.1, -0.05) is 6.07 Å². The molecule has 0 bridgehead atoms. The molecular weight excluding hydrogens is 511 g/mol. The second kappa shape index (κ2) is 9.65. The van der Waals surface area contributed by atoms with E-state index >= 15 is 0 Å². The van der Waals surface area contributed by atoms with Crippen molar-refractivity contribution < 1.29 is 18.0 Å². The van der Waals surface area contributed by atoms with E-state index in [9.17, 15) is 18.0 Å². The number of hydrogen-bond donors (Lipinski definition) is 2. The molecule has 6 nitrogen and oxygen atoms in total. The normalized spacial score (nSPS) is 17.3. The average Bonchev–Trinajstić information content (AvgIpc) is 3.32. The summed E-state index contributed by atoms with van der Waals surface area (Å²) in [6.07, 6.45) is -0.365. The number of carbonyl (C=O) groups is 1. The van der Waals surface area contributed by atoms with Gasteiger partial charge < -0.3 is 20.4 Å². The lowest BCUT2D eigenvalue weighted by Crippen LogP contribution is -2.33. The summed E-state index contributed by atoms with van der Waals surface area (Å²) in [4.78, 5) is 23.1. The molecule has 38 heavy (non-hydrogen) atoms. The molecule has 3 heterocycles. The van der Waals surface area contributed by atoms with Crippen molar-refractivity contribution in [1.82, 2.24) is 5.32 Å². The predicted octanol–water partition coefficient (Wildman–Crippen LogP) is 6.54. The molecule has 10 heteroatoms. The maximum Gasteiger partial charge on any atom is 0.416 e. The quantitative estimate of drug-likeness (QED) is 0.387. The summed E-state index contributed by atoms with van der Waals surface area (Å²) in [5.74, 6) is 0.351. The van der Waals surface area contributed by atoms with E-state index in [1.807, 2.05) is 29.3 Å².